The predicted molar refractivity (Wildman–Crippen MR) is 271 cm³/mol. The lowest BCUT2D eigenvalue weighted by atomic mass is 10.00. The molecule has 306 valence electrons. The summed E-state index contributed by atoms with van der Waals surface area (Å²) in [4.78, 5) is 9.31. The van der Waals surface area contributed by atoms with Crippen molar-refractivity contribution in [1.29, 1.82) is 0 Å². The van der Waals surface area contributed by atoms with Crippen LogP contribution in [-0.2, 0) is 0 Å². The molecule has 0 saturated carbocycles. The van der Waals surface area contributed by atoms with E-state index in [-0.39, 0.29) is 0 Å². The van der Waals surface area contributed by atoms with Crippen LogP contribution in [0.15, 0.2) is 279 Å². The molecule has 0 aliphatic carbocycles. The Hall–Kier alpha value is -8.60. The highest BCUT2D eigenvalue weighted by atomic mass is 15.2. The summed E-state index contributed by atoms with van der Waals surface area (Å²) in [6.07, 6.45) is 0. The van der Waals surface area contributed by atoms with Crippen molar-refractivity contribution in [2.24, 2.45) is 0 Å². The van der Waals surface area contributed by atoms with E-state index in [0.717, 1.165) is 79.4 Å². The molecule has 0 aromatic heterocycles. The van der Waals surface area contributed by atoms with Crippen molar-refractivity contribution in [3.63, 3.8) is 0 Å². The minimum atomic E-state index is 1.05. The van der Waals surface area contributed by atoms with Gasteiger partial charge in [-0.3, -0.25) is 0 Å². The fraction of sp³-hybridized carbons (Fsp3) is 0. The molecule has 4 heteroatoms. The Labute approximate surface area is 376 Å². The average Bonchev–Trinajstić information content (AvgIpc) is 3.38. The smallest absolute Gasteiger partial charge is 0.0541 e. The lowest BCUT2D eigenvalue weighted by molar-refractivity contribution is 1.24. The minimum Gasteiger partial charge on any atom is -0.311 e. The van der Waals surface area contributed by atoms with Crippen LogP contribution in [0.25, 0.3) is 11.1 Å². The van der Waals surface area contributed by atoms with Gasteiger partial charge < -0.3 is 19.6 Å². The Kier molecular flexibility index (Phi) is 11.5. The molecule has 0 fully saturated rings. The standard InChI is InChI=1S/C60H46N4/c1-8-22-47(23-9-1)59-46-58(63(52-32-18-6-19-33-52)56-38-36-54(37-39-56)61(48-24-10-2-11-25-48)49-26-12-3-13-27-49)44-45-60(59)64(53-34-20-7-21-35-53)57-42-40-55(41-43-57)62(50-28-14-4-15-29-50)51-30-16-5-17-31-51/h1-46H. The first kappa shape index (κ1) is 39.5. The molecule has 0 atom stereocenters. The highest BCUT2D eigenvalue weighted by Crippen LogP contribution is 2.46. The summed E-state index contributed by atoms with van der Waals surface area (Å²) in [5.41, 5.74) is 15.2. The van der Waals surface area contributed by atoms with Crippen molar-refractivity contribution in [2.75, 3.05) is 19.6 Å². The van der Waals surface area contributed by atoms with Crippen molar-refractivity contribution in [3.05, 3.63) is 279 Å². The SMILES string of the molecule is c1ccc(-c2cc(N(c3ccccc3)c3ccc(N(c4ccccc4)c4ccccc4)cc3)ccc2N(c2ccccc2)c2ccc(N(c3ccccc3)c3ccccc3)cc2)cc1. The minimum absolute atomic E-state index is 1.05. The zero-order valence-electron chi connectivity index (χ0n) is 35.3. The van der Waals surface area contributed by atoms with Gasteiger partial charge in [-0.25, -0.2) is 0 Å². The van der Waals surface area contributed by atoms with Gasteiger partial charge in [-0.2, -0.15) is 0 Å². The van der Waals surface area contributed by atoms with Crippen LogP contribution >= 0.6 is 0 Å². The van der Waals surface area contributed by atoms with Crippen LogP contribution in [0.2, 0.25) is 0 Å². The Morgan fingerprint density at radius 1 is 0.172 bits per heavy atom. The lowest BCUT2D eigenvalue weighted by Crippen LogP contribution is -2.14. The van der Waals surface area contributed by atoms with Crippen LogP contribution in [0, 0.1) is 0 Å². The molecule has 0 spiro atoms. The summed E-state index contributed by atoms with van der Waals surface area (Å²) in [6.45, 7) is 0. The van der Waals surface area contributed by atoms with Gasteiger partial charge in [-0.15, -0.1) is 0 Å². The molecule has 0 heterocycles. The summed E-state index contributed by atoms with van der Waals surface area (Å²) >= 11 is 0. The molecule has 0 saturated heterocycles. The van der Waals surface area contributed by atoms with Crippen molar-refractivity contribution >= 4 is 68.2 Å². The van der Waals surface area contributed by atoms with Crippen LogP contribution in [0.3, 0.4) is 0 Å². The maximum atomic E-state index is 2.37. The normalized spacial score (nSPS) is 10.8. The second kappa shape index (κ2) is 18.6. The molecule has 0 amide bonds. The summed E-state index contributed by atoms with van der Waals surface area (Å²) in [7, 11) is 0. The summed E-state index contributed by atoms with van der Waals surface area (Å²) in [6, 6.07) is 98.9. The maximum Gasteiger partial charge on any atom is 0.0541 e. The van der Waals surface area contributed by atoms with Gasteiger partial charge in [-0.1, -0.05) is 140 Å². The summed E-state index contributed by atoms with van der Waals surface area (Å²) in [5.74, 6) is 0. The van der Waals surface area contributed by atoms with E-state index in [1.807, 2.05) is 0 Å². The molecule has 0 radical (unpaired) electrons. The van der Waals surface area contributed by atoms with E-state index in [2.05, 4.69) is 299 Å². The second-order valence-electron chi connectivity index (χ2n) is 15.5. The third kappa shape index (κ3) is 8.36. The van der Waals surface area contributed by atoms with Crippen LogP contribution in [0.4, 0.5) is 68.2 Å². The number of nitrogens with zero attached hydrogens (tertiary/aromatic N) is 4. The van der Waals surface area contributed by atoms with Gasteiger partial charge in [0.2, 0.25) is 0 Å². The number of rotatable bonds is 13. The van der Waals surface area contributed by atoms with Gasteiger partial charge in [0.05, 0.1) is 5.69 Å². The predicted octanol–water partition coefficient (Wildman–Crippen LogP) is 17.2. The fourth-order valence-electron chi connectivity index (χ4n) is 8.44. The quantitative estimate of drug-likeness (QED) is 0.115. The van der Waals surface area contributed by atoms with Gasteiger partial charge in [0.15, 0.2) is 0 Å². The zero-order chi connectivity index (χ0) is 42.9. The number of hydrogen-bond acceptors (Lipinski definition) is 4. The van der Waals surface area contributed by atoms with Gasteiger partial charge in [0, 0.05) is 68.1 Å². The van der Waals surface area contributed by atoms with E-state index in [1.165, 1.54) is 0 Å². The number of anilines is 12. The zero-order valence-corrected chi connectivity index (χ0v) is 35.3. The van der Waals surface area contributed by atoms with Gasteiger partial charge in [-0.05, 0) is 145 Å². The van der Waals surface area contributed by atoms with E-state index in [1.54, 1.807) is 0 Å². The third-order valence-electron chi connectivity index (χ3n) is 11.4. The first-order chi connectivity index (χ1) is 31.8. The average molecular weight is 823 g/mol. The van der Waals surface area contributed by atoms with Crippen LogP contribution in [0.1, 0.15) is 0 Å². The van der Waals surface area contributed by atoms with Gasteiger partial charge >= 0.3 is 0 Å². The Bertz CT molecular complexity index is 2930. The topological polar surface area (TPSA) is 13.0 Å². The van der Waals surface area contributed by atoms with E-state index in [0.29, 0.717) is 0 Å². The van der Waals surface area contributed by atoms with E-state index >= 15 is 0 Å². The molecule has 4 nitrogen and oxygen atoms in total. The molecule has 0 aliphatic heterocycles. The van der Waals surface area contributed by atoms with Gasteiger partial charge in [0.25, 0.3) is 0 Å². The van der Waals surface area contributed by atoms with Crippen molar-refractivity contribution < 1.29 is 0 Å². The lowest BCUT2D eigenvalue weighted by Gasteiger charge is -2.31. The molecule has 0 unspecified atom stereocenters. The van der Waals surface area contributed by atoms with Crippen molar-refractivity contribution in [3.8, 4) is 11.1 Å². The molecule has 0 bridgehead atoms. The molecule has 10 aromatic carbocycles. The summed E-state index contributed by atoms with van der Waals surface area (Å²) in [5, 5.41) is 0. The molecule has 64 heavy (non-hydrogen) atoms. The Morgan fingerprint density at radius 3 is 0.703 bits per heavy atom. The third-order valence-corrected chi connectivity index (χ3v) is 11.4. The fourth-order valence-corrected chi connectivity index (χ4v) is 8.44. The second-order valence-corrected chi connectivity index (χ2v) is 15.5. The Morgan fingerprint density at radius 2 is 0.391 bits per heavy atom. The number of para-hydroxylation sites is 6. The summed E-state index contributed by atoms with van der Waals surface area (Å²) < 4.78 is 0. The molecule has 10 rings (SSSR count). The molecule has 0 N–H and O–H groups in total. The monoisotopic (exact) mass is 822 g/mol. The number of hydrogen-bond donors (Lipinski definition) is 0. The highest BCUT2D eigenvalue weighted by Gasteiger charge is 2.22. The molecule has 10 aromatic rings. The largest absolute Gasteiger partial charge is 0.311 e. The van der Waals surface area contributed by atoms with Gasteiger partial charge in [0.1, 0.15) is 0 Å². The van der Waals surface area contributed by atoms with Crippen molar-refractivity contribution in [1.82, 2.24) is 0 Å². The molecular weight excluding hydrogens is 777 g/mol. The first-order valence-corrected chi connectivity index (χ1v) is 21.7. The van der Waals surface area contributed by atoms with E-state index in [4.69, 9.17) is 0 Å². The number of benzene rings is 10. The maximum absolute atomic E-state index is 2.37. The molecule has 0 aliphatic rings. The molecular formula is C60H46N4. The van der Waals surface area contributed by atoms with E-state index < -0.39 is 0 Å². The van der Waals surface area contributed by atoms with Crippen LogP contribution < -0.4 is 19.6 Å². The van der Waals surface area contributed by atoms with Crippen LogP contribution in [-0.4, -0.2) is 0 Å². The highest BCUT2D eigenvalue weighted by molar-refractivity contribution is 5.92. The Balaban J connectivity index is 1.09. The van der Waals surface area contributed by atoms with E-state index in [9.17, 15) is 0 Å². The van der Waals surface area contributed by atoms with Crippen molar-refractivity contribution in [2.45, 2.75) is 0 Å². The first-order valence-electron chi connectivity index (χ1n) is 21.7. The van der Waals surface area contributed by atoms with Crippen LogP contribution in [0.5, 0.6) is 0 Å².